The van der Waals surface area contributed by atoms with Gasteiger partial charge >= 0.3 is 6.09 Å². The van der Waals surface area contributed by atoms with Gasteiger partial charge in [-0.05, 0) is 45.7 Å². The van der Waals surface area contributed by atoms with Crippen molar-refractivity contribution in [3.8, 4) is 0 Å². The van der Waals surface area contributed by atoms with Crippen molar-refractivity contribution in [3.63, 3.8) is 0 Å². The molecule has 0 unspecified atom stereocenters. The van der Waals surface area contributed by atoms with Crippen LogP contribution in [0, 0.1) is 0 Å². The molecule has 0 aromatic heterocycles. The SMILES string of the molecule is CC(C)(C)OC(=O)N[C@@H]1CCN[C@H](c2ccccc2)C1. The monoisotopic (exact) mass is 276 g/mol. The van der Waals surface area contributed by atoms with E-state index in [0.29, 0.717) is 6.04 Å². The van der Waals surface area contributed by atoms with Crippen molar-refractivity contribution in [1.82, 2.24) is 10.6 Å². The van der Waals surface area contributed by atoms with E-state index in [1.807, 2.05) is 39.0 Å². The summed E-state index contributed by atoms with van der Waals surface area (Å²) in [4.78, 5) is 11.8. The van der Waals surface area contributed by atoms with Crippen LogP contribution < -0.4 is 10.6 Å². The molecule has 1 aromatic carbocycles. The van der Waals surface area contributed by atoms with Crippen LogP contribution in [0.1, 0.15) is 45.2 Å². The smallest absolute Gasteiger partial charge is 0.407 e. The van der Waals surface area contributed by atoms with E-state index in [4.69, 9.17) is 4.74 Å². The maximum absolute atomic E-state index is 11.8. The number of amides is 1. The quantitative estimate of drug-likeness (QED) is 0.873. The molecule has 1 aromatic rings. The van der Waals surface area contributed by atoms with E-state index in [-0.39, 0.29) is 12.1 Å². The van der Waals surface area contributed by atoms with Crippen LogP contribution in [0.4, 0.5) is 4.79 Å². The molecule has 1 aliphatic heterocycles. The number of rotatable bonds is 2. The van der Waals surface area contributed by atoms with E-state index in [2.05, 4.69) is 22.8 Å². The summed E-state index contributed by atoms with van der Waals surface area (Å²) in [6.07, 6.45) is 1.50. The zero-order valence-corrected chi connectivity index (χ0v) is 12.5. The van der Waals surface area contributed by atoms with Crippen LogP contribution in [-0.4, -0.2) is 24.3 Å². The summed E-state index contributed by atoms with van der Waals surface area (Å²) in [6.45, 7) is 6.53. The Morgan fingerprint density at radius 3 is 2.65 bits per heavy atom. The molecule has 2 N–H and O–H groups in total. The Morgan fingerprint density at radius 2 is 2.00 bits per heavy atom. The van der Waals surface area contributed by atoms with Crippen molar-refractivity contribution in [2.24, 2.45) is 0 Å². The molecule has 4 heteroatoms. The normalized spacial score (nSPS) is 23.1. The maximum atomic E-state index is 11.8. The highest BCUT2D eigenvalue weighted by Gasteiger charge is 2.25. The highest BCUT2D eigenvalue weighted by molar-refractivity contribution is 5.68. The number of hydrogen-bond acceptors (Lipinski definition) is 3. The van der Waals surface area contributed by atoms with Crippen LogP contribution in [0.25, 0.3) is 0 Å². The lowest BCUT2D eigenvalue weighted by Crippen LogP contribution is -2.45. The Labute approximate surface area is 120 Å². The molecule has 4 nitrogen and oxygen atoms in total. The van der Waals surface area contributed by atoms with Gasteiger partial charge in [0.2, 0.25) is 0 Å². The van der Waals surface area contributed by atoms with Crippen molar-refractivity contribution in [3.05, 3.63) is 35.9 Å². The lowest BCUT2D eigenvalue weighted by molar-refractivity contribution is 0.0490. The fraction of sp³-hybridized carbons (Fsp3) is 0.562. The second-order valence-electron chi connectivity index (χ2n) is 6.28. The largest absolute Gasteiger partial charge is 0.444 e. The predicted molar refractivity (Wildman–Crippen MR) is 79.6 cm³/mol. The van der Waals surface area contributed by atoms with E-state index < -0.39 is 5.60 Å². The first-order valence-corrected chi connectivity index (χ1v) is 7.22. The standard InChI is InChI=1S/C16H24N2O2/c1-16(2,3)20-15(19)18-13-9-10-17-14(11-13)12-7-5-4-6-8-12/h4-8,13-14,17H,9-11H2,1-3H3,(H,18,19)/t13-,14+/m1/s1. The van der Waals surface area contributed by atoms with Gasteiger partial charge in [0, 0.05) is 12.1 Å². The number of piperidine rings is 1. The van der Waals surface area contributed by atoms with Crippen molar-refractivity contribution >= 4 is 6.09 Å². The molecule has 1 amide bonds. The van der Waals surface area contributed by atoms with Gasteiger partial charge in [0.15, 0.2) is 0 Å². The number of alkyl carbamates (subject to hydrolysis) is 1. The third-order valence-corrected chi connectivity index (χ3v) is 3.33. The highest BCUT2D eigenvalue weighted by Crippen LogP contribution is 2.23. The van der Waals surface area contributed by atoms with Crippen LogP contribution in [-0.2, 0) is 4.74 Å². The minimum absolute atomic E-state index is 0.163. The fourth-order valence-corrected chi connectivity index (χ4v) is 2.46. The van der Waals surface area contributed by atoms with E-state index in [0.717, 1.165) is 19.4 Å². The second kappa shape index (κ2) is 6.27. The van der Waals surface area contributed by atoms with Gasteiger partial charge in [-0.1, -0.05) is 30.3 Å². The zero-order chi connectivity index (χ0) is 14.6. The number of hydrogen-bond donors (Lipinski definition) is 2. The minimum atomic E-state index is -0.449. The second-order valence-corrected chi connectivity index (χ2v) is 6.28. The first-order chi connectivity index (χ1) is 9.44. The predicted octanol–water partition coefficient (Wildman–Crippen LogP) is 3.00. The summed E-state index contributed by atoms with van der Waals surface area (Å²) in [5.74, 6) is 0. The Bertz CT molecular complexity index is 440. The van der Waals surface area contributed by atoms with Crippen molar-refractivity contribution in [2.45, 2.75) is 51.3 Å². The van der Waals surface area contributed by atoms with Gasteiger partial charge in [-0.25, -0.2) is 4.79 Å². The van der Waals surface area contributed by atoms with Crippen molar-refractivity contribution in [2.75, 3.05) is 6.54 Å². The lowest BCUT2D eigenvalue weighted by atomic mass is 9.94. The van der Waals surface area contributed by atoms with Crippen molar-refractivity contribution in [1.29, 1.82) is 0 Å². The fourth-order valence-electron chi connectivity index (χ4n) is 2.46. The molecule has 0 radical (unpaired) electrons. The molecule has 1 fully saturated rings. The van der Waals surface area contributed by atoms with E-state index in [9.17, 15) is 4.79 Å². The van der Waals surface area contributed by atoms with Gasteiger partial charge in [-0.3, -0.25) is 0 Å². The van der Waals surface area contributed by atoms with Crippen LogP contribution in [0.15, 0.2) is 30.3 Å². The molecule has 110 valence electrons. The average Bonchev–Trinajstić information content (AvgIpc) is 2.38. The lowest BCUT2D eigenvalue weighted by Gasteiger charge is -2.31. The molecule has 1 saturated heterocycles. The minimum Gasteiger partial charge on any atom is -0.444 e. The topological polar surface area (TPSA) is 50.4 Å². The molecule has 2 rings (SSSR count). The molecule has 1 heterocycles. The van der Waals surface area contributed by atoms with Crippen LogP contribution in [0.5, 0.6) is 0 Å². The first kappa shape index (κ1) is 14.9. The molecule has 0 aliphatic carbocycles. The summed E-state index contributed by atoms with van der Waals surface area (Å²) in [7, 11) is 0. The average molecular weight is 276 g/mol. The summed E-state index contributed by atoms with van der Waals surface area (Å²) < 4.78 is 5.31. The number of ether oxygens (including phenoxy) is 1. The van der Waals surface area contributed by atoms with Gasteiger partial charge in [0.05, 0.1) is 0 Å². The Kier molecular flexibility index (Phi) is 4.65. The molecule has 0 saturated carbocycles. The van der Waals surface area contributed by atoms with Gasteiger partial charge in [0.1, 0.15) is 5.60 Å². The van der Waals surface area contributed by atoms with Gasteiger partial charge in [-0.2, -0.15) is 0 Å². The summed E-state index contributed by atoms with van der Waals surface area (Å²) in [6, 6.07) is 10.8. The van der Waals surface area contributed by atoms with Crippen LogP contribution >= 0.6 is 0 Å². The third-order valence-electron chi connectivity index (χ3n) is 3.33. The number of nitrogens with one attached hydrogen (secondary N) is 2. The van der Waals surface area contributed by atoms with Gasteiger partial charge in [-0.15, -0.1) is 0 Å². The molecule has 0 spiro atoms. The summed E-state index contributed by atoms with van der Waals surface area (Å²) in [5, 5.41) is 6.47. The first-order valence-electron chi connectivity index (χ1n) is 7.22. The highest BCUT2D eigenvalue weighted by atomic mass is 16.6. The molecular weight excluding hydrogens is 252 g/mol. The maximum Gasteiger partial charge on any atom is 0.407 e. The molecule has 2 atom stereocenters. The Hall–Kier alpha value is -1.55. The van der Waals surface area contributed by atoms with E-state index in [1.165, 1.54) is 5.56 Å². The number of carbonyl (C=O) groups is 1. The van der Waals surface area contributed by atoms with Crippen LogP contribution in [0.3, 0.4) is 0 Å². The summed E-state index contributed by atoms with van der Waals surface area (Å²) >= 11 is 0. The van der Waals surface area contributed by atoms with E-state index >= 15 is 0 Å². The summed E-state index contributed by atoms with van der Waals surface area (Å²) in [5.41, 5.74) is 0.818. The van der Waals surface area contributed by atoms with Gasteiger partial charge < -0.3 is 15.4 Å². The van der Waals surface area contributed by atoms with Crippen LogP contribution in [0.2, 0.25) is 0 Å². The number of benzene rings is 1. The van der Waals surface area contributed by atoms with Gasteiger partial charge in [0.25, 0.3) is 0 Å². The molecule has 0 bridgehead atoms. The third kappa shape index (κ3) is 4.53. The molecule has 20 heavy (non-hydrogen) atoms. The molecular formula is C16H24N2O2. The Morgan fingerprint density at radius 1 is 1.30 bits per heavy atom. The van der Waals surface area contributed by atoms with E-state index in [1.54, 1.807) is 0 Å². The number of carbonyl (C=O) groups excluding carboxylic acids is 1. The Balaban J connectivity index is 1.89. The molecule has 1 aliphatic rings. The zero-order valence-electron chi connectivity index (χ0n) is 12.5. The van der Waals surface area contributed by atoms with Crippen molar-refractivity contribution < 1.29 is 9.53 Å².